The van der Waals surface area contributed by atoms with Crippen molar-refractivity contribution in [3.8, 4) is 0 Å². The van der Waals surface area contributed by atoms with E-state index in [1.165, 1.54) is 37.2 Å². The van der Waals surface area contributed by atoms with Crippen LogP contribution in [0.25, 0.3) is 0 Å². The van der Waals surface area contributed by atoms with Crippen LogP contribution in [0.3, 0.4) is 0 Å². The molecule has 2 fully saturated rings. The van der Waals surface area contributed by atoms with Crippen LogP contribution in [-0.2, 0) is 4.74 Å². The molecular formula is C16H25N3O. The molecule has 0 aromatic heterocycles. The summed E-state index contributed by atoms with van der Waals surface area (Å²) in [6, 6.07) is 9.42. The molecule has 2 aliphatic heterocycles. The first-order valence-electron chi connectivity index (χ1n) is 7.82. The molecule has 20 heavy (non-hydrogen) atoms. The normalized spacial score (nSPS) is 23.6. The lowest BCUT2D eigenvalue weighted by Gasteiger charge is -2.29. The quantitative estimate of drug-likeness (QED) is 0.882. The monoisotopic (exact) mass is 275 g/mol. The third-order valence-electron chi connectivity index (χ3n) is 4.21. The fraction of sp³-hybridized carbons (Fsp3) is 0.625. The van der Waals surface area contributed by atoms with Gasteiger partial charge < -0.3 is 20.3 Å². The minimum absolute atomic E-state index is 0.627. The van der Waals surface area contributed by atoms with Crippen LogP contribution in [0.1, 0.15) is 19.3 Å². The first kappa shape index (κ1) is 13.7. The van der Waals surface area contributed by atoms with Crippen molar-refractivity contribution in [1.82, 2.24) is 5.32 Å². The molecule has 0 saturated carbocycles. The second-order valence-electron chi connectivity index (χ2n) is 5.67. The van der Waals surface area contributed by atoms with Gasteiger partial charge in [0.1, 0.15) is 0 Å². The predicted octanol–water partition coefficient (Wildman–Crippen LogP) is 2.08. The molecule has 1 unspecified atom stereocenters. The molecule has 3 rings (SSSR count). The van der Waals surface area contributed by atoms with E-state index in [1.54, 1.807) is 0 Å². The summed E-state index contributed by atoms with van der Waals surface area (Å²) in [4.78, 5) is 2.38. The maximum atomic E-state index is 5.39. The van der Waals surface area contributed by atoms with E-state index in [2.05, 4.69) is 39.8 Å². The summed E-state index contributed by atoms with van der Waals surface area (Å²) in [5, 5.41) is 7.11. The number of morpholine rings is 1. The Morgan fingerprint density at radius 1 is 1.15 bits per heavy atom. The maximum absolute atomic E-state index is 5.39. The molecule has 0 aliphatic carbocycles. The molecule has 4 nitrogen and oxygen atoms in total. The average molecular weight is 275 g/mol. The second kappa shape index (κ2) is 6.95. The molecule has 4 heteroatoms. The Balaban J connectivity index is 1.50. The van der Waals surface area contributed by atoms with Gasteiger partial charge in [0.2, 0.25) is 0 Å². The van der Waals surface area contributed by atoms with Crippen molar-refractivity contribution in [2.45, 2.75) is 25.3 Å². The van der Waals surface area contributed by atoms with Crippen molar-refractivity contribution >= 4 is 11.4 Å². The smallest absolute Gasteiger partial charge is 0.0642 e. The predicted molar refractivity (Wildman–Crippen MR) is 83.6 cm³/mol. The molecule has 1 atom stereocenters. The molecule has 2 N–H and O–H groups in total. The highest BCUT2D eigenvalue weighted by Crippen LogP contribution is 2.19. The number of hydrogen-bond acceptors (Lipinski definition) is 4. The van der Waals surface area contributed by atoms with Gasteiger partial charge in [0.15, 0.2) is 0 Å². The van der Waals surface area contributed by atoms with Gasteiger partial charge >= 0.3 is 0 Å². The lowest BCUT2D eigenvalue weighted by molar-refractivity contribution is 0.122. The highest BCUT2D eigenvalue weighted by molar-refractivity contribution is 5.55. The van der Waals surface area contributed by atoms with E-state index in [4.69, 9.17) is 4.74 Å². The van der Waals surface area contributed by atoms with Gasteiger partial charge in [0.25, 0.3) is 0 Å². The van der Waals surface area contributed by atoms with Gasteiger partial charge in [-0.1, -0.05) is 6.42 Å². The number of benzene rings is 1. The zero-order valence-corrected chi connectivity index (χ0v) is 12.1. The lowest BCUT2D eigenvalue weighted by Crippen LogP contribution is -2.39. The Bertz CT molecular complexity index is 395. The van der Waals surface area contributed by atoms with Crippen LogP contribution < -0.4 is 15.5 Å². The molecule has 110 valence electrons. The lowest BCUT2D eigenvalue weighted by atomic mass is 10.1. The number of anilines is 2. The first-order chi connectivity index (χ1) is 9.92. The van der Waals surface area contributed by atoms with Crippen LogP contribution >= 0.6 is 0 Å². The van der Waals surface area contributed by atoms with E-state index in [0.717, 1.165) is 32.8 Å². The molecule has 2 aliphatic rings. The van der Waals surface area contributed by atoms with Crippen LogP contribution in [0.2, 0.25) is 0 Å². The summed E-state index contributed by atoms with van der Waals surface area (Å²) in [6.07, 6.45) is 3.97. The van der Waals surface area contributed by atoms with Crippen LogP contribution in [0.15, 0.2) is 24.3 Å². The van der Waals surface area contributed by atoms with Gasteiger partial charge in [-0.15, -0.1) is 0 Å². The average Bonchev–Trinajstić information content (AvgIpc) is 2.55. The second-order valence-corrected chi connectivity index (χ2v) is 5.67. The zero-order valence-electron chi connectivity index (χ0n) is 12.1. The Labute approximate surface area is 121 Å². The number of hydrogen-bond donors (Lipinski definition) is 2. The van der Waals surface area contributed by atoms with Gasteiger partial charge in [-0.3, -0.25) is 0 Å². The molecule has 1 aromatic carbocycles. The van der Waals surface area contributed by atoms with Crippen LogP contribution in [0, 0.1) is 0 Å². The Morgan fingerprint density at radius 3 is 2.65 bits per heavy atom. The molecule has 1 aromatic rings. The van der Waals surface area contributed by atoms with E-state index in [9.17, 15) is 0 Å². The number of ether oxygens (including phenoxy) is 1. The minimum Gasteiger partial charge on any atom is -0.383 e. The topological polar surface area (TPSA) is 36.5 Å². The van der Waals surface area contributed by atoms with Crippen LogP contribution in [0.5, 0.6) is 0 Å². The van der Waals surface area contributed by atoms with Crippen molar-refractivity contribution < 1.29 is 4.74 Å². The number of rotatable bonds is 4. The maximum Gasteiger partial charge on any atom is 0.0642 e. The van der Waals surface area contributed by atoms with Crippen LogP contribution in [0.4, 0.5) is 11.4 Å². The molecular weight excluding hydrogens is 250 g/mol. The highest BCUT2D eigenvalue weighted by Gasteiger charge is 2.13. The Kier molecular flexibility index (Phi) is 4.77. The summed E-state index contributed by atoms with van der Waals surface area (Å²) in [7, 11) is 0. The molecule has 2 saturated heterocycles. The SMILES string of the molecule is c1cc(N2CCOCC2)ccc1NCC1CCCCN1. The molecule has 0 bridgehead atoms. The minimum atomic E-state index is 0.627. The molecule has 0 radical (unpaired) electrons. The highest BCUT2D eigenvalue weighted by atomic mass is 16.5. The molecule has 0 spiro atoms. The van der Waals surface area contributed by atoms with Crippen molar-refractivity contribution in [3.05, 3.63) is 24.3 Å². The van der Waals surface area contributed by atoms with E-state index < -0.39 is 0 Å². The Hall–Kier alpha value is -1.26. The van der Waals surface area contributed by atoms with Gasteiger partial charge in [0.05, 0.1) is 13.2 Å². The first-order valence-corrected chi connectivity index (χ1v) is 7.82. The third-order valence-corrected chi connectivity index (χ3v) is 4.21. The zero-order chi connectivity index (χ0) is 13.6. The fourth-order valence-corrected chi connectivity index (χ4v) is 2.95. The van der Waals surface area contributed by atoms with Crippen molar-refractivity contribution in [3.63, 3.8) is 0 Å². The van der Waals surface area contributed by atoms with Crippen molar-refractivity contribution in [2.75, 3.05) is 49.6 Å². The fourth-order valence-electron chi connectivity index (χ4n) is 2.95. The molecule has 0 amide bonds. The van der Waals surface area contributed by atoms with Gasteiger partial charge in [-0.05, 0) is 43.7 Å². The van der Waals surface area contributed by atoms with E-state index in [0.29, 0.717) is 6.04 Å². The molecule has 2 heterocycles. The summed E-state index contributed by atoms with van der Waals surface area (Å²) >= 11 is 0. The van der Waals surface area contributed by atoms with Crippen LogP contribution in [-0.4, -0.2) is 45.4 Å². The van der Waals surface area contributed by atoms with E-state index >= 15 is 0 Å². The number of nitrogens with one attached hydrogen (secondary N) is 2. The Morgan fingerprint density at radius 2 is 1.95 bits per heavy atom. The van der Waals surface area contributed by atoms with Crippen molar-refractivity contribution in [2.24, 2.45) is 0 Å². The largest absolute Gasteiger partial charge is 0.383 e. The third kappa shape index (κ3) is 3.64. The van der Waals surface area contributed by atoms with E-state index in [-0.39, 0.29) is 0 Å². The summed E-state index contributed by atoms with van der Waals surface area (Å²) in [5.74, 6) is 0. The van der Waals surface area contributed by atoms with Gasteiger partial charge in [-0.25, -0.2) is 0 Å². The van der Waals surface area contributed by atoms with Gasteiger partial charge in [0, 0.05) is 37.1 Å². The van der Waals surface area contributed by atoms with Crippen molar-refractivity contribution in [1.29, 1.82) is 0 Å². The summed E-state index contributed by atoms with van der Waals surface area (Å²) in [6.45, 7) is 5.87. The van der Waals surface area contributed by atoms with E-state index in [1.807, 2.05) is 0 Å². The van der Waals surface area contributed by atoms with Gasteiger partial charge in [-0.2, -0.15) is 0 Å². The summed E-state index contributed by atoms with van der Waals surface area (Å²) in [5.41, 5.74) is 2.52. The standard InChI is InChI=1S/C16H25N3O/c1-2-8-17-15(3-1)13-18-14-4-6-16(7-5-14)19-9-11-20-12-10-19/h4-7,15,17-18H,1-3,8-13H2. The number of piperidine rings is 1. The number of nitrogens with zero attached hydrogens (tertiary/aromatic N) is 1. The summed E-state index contributed by atoms with van der Waals surface area (Å²) < 4.78 is 5.39.